The van der Waals surface area contributed by atoms with Crippen LogP contribution in [0.2, 0.25) is 0 Å². The van der Waals surface area contributed by atoms with Gasteiger partial charge < -0.3 is 67.8 Å². The number of allylic oxidation sites excluding steroid dienone is 3. The van der Waals surface area contributed by atoms with E-state index < -0.39 is 115 Å². The van der Waals surface area contributed by atoms with Crippen LogP contribution in [-0.4, -0.2) is 151 Å². The van der Waals surface area contributed by atoms with Crippen LogP contribution in [0.5, 0.6) is 0 Å². The molecule has 0 aromatic rings. The summed E-state index contributed by atoms with van der Waals surface area (Å²) < 4.78 is 63.8. The Bertz CT molecular complexity index is 1830. The lowest BCUT2D eigenvalue weighted by atomic mass is 9.71. The van der Waals surface area contributed by atoms with E-state index in [4.69, 9.17) is 47.4 Å². The topological polar surface area (TPSA) is 190 Å². The number of aliphatic hydroxyl groups is 4. The van der Waals surface area contributed by atoms with Crippen LogP contribution in [0.15, 0.2) is 58.7 Å². The molecule has 0 radical (unpaired) electrons. The minimum Gasteiger partial charge on any atom is -0.462 e. The van der Waals surface area contributed by atoms with Crippen molar-refractivity contribution in [3.05, 3.63) is 58.7 Å². The average molecular weight is 917 g/mol. The number of rotatable bonds is 8. The summed E-state index contributed by atoms with van der Waals surface area (Å²) in [5, 5.41) is 45.9. The van der Waals surface area contributed by atoms with Crippen molar-refractivity contribution in [1.82, 2.24) is 0 Å². The molecule has 6 heterocycles. The number of hydrogen-bond donors (Lipinski definition) is 4. The Balaban J connectivity index is 1.20. The summed E-state index contributed by atoms with van der Waals surface area (Å²) >= 11 is 0. The number of aliphatic hydroxyl groups excluding tert-OH is 3. The van der Waals surface area contributed by atoms with E-state index in [1.807, 2.05) is 46.8 Å². The number of methoxy groups -OCH3 is 2. The highest BCUT2D eigenvalue weighted by Crippen LogP contribution is 2.48. The predicted molar refractivity (Wildman–Crippen MR) is 238 cm³/mol. The lowest BCUT2D eigenvalue weighted by Gasteiger charge is -2.51. The average Bonchev–Trinajstić information content (AvgIpc) is 3.59. The van der Waals surface area contributed by atoms with Gasteiger partial charge in [0.05, 0.1) is 55.4 Å². The normalized spacial score (nSPS) is 46.6. The van der Waals surface area contributed by atoms with Crippen molar-refractivity contribution in [3.63, 3.8) is 0 Å². The largest absolute Gasteiger partial charge is 0.462 e. The van der Waals surface area contributed by atoms with Crippen molar-refractivity contribution in [1.29, 1.82) is 0 Å². The second-order valence-electron chi connectivity index (χ2n) is 20.2. The second-order valence-corrected chi connectivity index (χ2v) is 20.2. The first-order valence-corrected chi connectivity index (χ1v) is 23.8. The zero-order chi connectivity index (χ0) is 47.1. The van der Waals surface area contributed by atoms with Gasteiger partial charge in [-0.15, -0.1) is 0 Å². The van der Waals surface area contributed by atoms with E-state index >= 15 is 0 Å². The number of ether oxygens (including phenoxy) is 10. The fourth-order valence-electron chi connectivity index (χ4n) is 11.2. The summed E-state index contributed by atoms with van der Waals surface area (Å²) in [4.78, 5) is 14.4. The van der Waals surface area contributed by atoms with Crippen LogP contribution in [-0.2, 0) is 52.2 Å². The molecule has 0 amide bonds. The van der Waals surface area contributed by atoms with E-state index in [9.17, 15) is 25.2 Å². The molecule has 366 valence electrons. The Labute approximate surface area is 385 Å². The molecule has 0 aromatic carbocycles. The molecule has 1 unspecified atom stereocenters. The van der Waals surface area contributed by atoms with E-state index in [1.54, 1.807) is 40.2 Å². The van der Waals surface area contributed by atoms with Crippen molar-refractivity contribution < 1.29 is 72.6 Å². The van der Waals surface area contributed by atoms with Gasteiger partial charge in [-0.2, -0.15) is 0 Å². The third kappa shape index (κ3) is 10.6. The molecule has 15 heteroatoms. The van der Waals surface area contributed by atoms with Crippen molar-refractivity contribution >= 4 is 5.97 Å². The highest BCUT2D eigenvalue weighted by Gasteiger charge is 2.60. The zero-order valence-electron chi connectivity index (χ0n) is 40.2. The first-order chi connectivity index (χ1) is 30.8. The molecule has 0 aromatic heterocycles. The molecular formula is C50H76O15. The van der Waals surface area contributed by atoms with Crippen LogP contribution >= 0.6 is 0 Å². The zero-order valence-corrected chi connectivity index (χ0v) is 40.2. The van der Waals surface area contributed by atoms with Crippen molar-refractivity contribution in [2.75, 3.05) is 20.8 Å². The molecule has 20 atom stereocenters. The van der Waals surface area contributed by atoms with E-state index in [0.29, 0.717) is 36.8 Å². The quantitative estimate of drug-likeness (QED) is 0.185. The van der Waals surface area contributed by atoms with Gasteiger partial charge in [0.15, 0.2) is 18.4 Å². The summed E-state index contributed by atoms with van der Waals surface area (Å²) in [6.45, 7) is 17.7. The van der Waals surface area contributed by atoms with Gasteiger partial charge in [0, 0.05) is 58.2 Å². The molecule has 65 heavy (non-hydrogen) atoms. The fraction of sp³-hybridized carbons (Fsp3) is 0.780. The summed E-state index contributed by atoms with van der Waals surface area (Å²) in [5.41, 5.74) is 0.989. The second kappa shape index (κ2) is 20.7. The predicted octanol–water partition coefficient (Wildman–Crippen LogP) is 5.13. The summed E-state index contributed by atoms with van der Waals surface area (Å²) in [5.74, 6) is -3.23. The van der Waals surface area contributed by atoms with Gasteiger partial charge in [0.2, 0.25) is 0 Å². The summed E-state index contributed by atoms with van der Waals surface area (Å²) in [7, 11) is 3.20. The number of fused-ring (bicyclic) bond motifs is 2. The first kappa shape index (κ1) is 50.5. The molecule has 2 bridgehead atoms. The number of carbonyl (C=O) groups excluding carboxylic acids is 1. The monoisotopic (exact) mass is 917 g/mol. The molecule has 7 rings (SSSR count). The Morgan fingerprint density at radius 3 is 2.29 bits per heavy atom. The molecule has 15 nitrogen and oxygen atoms in total. The van der Waals surface area contributed by atoms with Gasteiger partial charge >= 0.3 is 5.97 Å². The first-order valence-electron chi connectivity index (χ1n) is 23.8. The van der Waals surface area contributed by atoms with Gasteiger partial charge in [-0.25, -0.2) is 0 Å². The van der Waals surface area contributed by atoms with Crippen LogP contribution in [0.3, 0.4) is 0 Å². The summed E-state index contributed by atoms with van der Waals surface area (Å²) in [6, 6.07) is 0. The van der Waals surface area contributed by atoms with E-state index in [2.05, 4.69) is 26.0 Å². The molecule has 1 spiro atoms. The van der Waals surface area contributed by atoms with Crippen molar-refractivity contribution in [2.45, 2.75) is 204 Å². The standard InChI is InChI=1S/C50H76O15/c1-25(2)17-29(6)45-30(7)37(51)23-49(65-45)22-35-19-34(64-49)16-15-27(4)44(26(3)13-12-14-33-24-58-47-42(52)28(5)18-36(48(54)61-35)50(33,47)55)62-41-21-39(57-11)46(32(9)60-41)63-40-20-38(56-10)43(53)31(8)59-40/h12-15,17-18,25-26,30-32,34-47,51-53,55H,16,19-24H2,1-11H3/t26-,30-,31-,32-,34+,35-,36-,37-,38-,39-,40-,41-,42+,43-,44-,45?,46-,47+,49-,50+/m0/s1. The van der Waals surface area contributed by atoms with Crippen LogP contribution in [0.25, 0.3) is 0 Å². The summed E-state index contributed by atoms with van der Waals surface area (Å²) in [6.07, 6.45) is 3.86. The van der Waals surface area contributed by atoms with Gasteiger partial charge in [-0.1, -0.05) is 64.2 Å². The van der Waals surface area contributed by atoms with E-state index in [-0.39, 0.29) is 37.2 Å². The van der Waals surface area contributed by atoms with Gasteiger partial charge in [0.1, 0.15) is 42.0 Å². The number of carbonyl (C=O) groups is 1. The highest BCUT2D eigenvalue weighted by atomic mass is 16.7. The molecule has 0 saturated carbocycles. The Hall–Kier alpha value is -2.35. The fourth-order valence-corrected chi connectivity index (χ4v) is 11.2. The van der Waals surface area contributed by atoms with Crippen LogP contribution < -0.4 is 0 Å². The lowest BCUT2D eigenvalue weighted by molar-refractivity contribution is -0.343. The Kier molecular flexibility index (Phi) is 16.1. The third-order valence-electron chi connectivity index (χ3n) is 14.8. The Morgan fingerprint density at radius 1 is 0.892 bits per heavy atom. The molecule has 5 saturated heterocycles. The van der Waals surface area contributed by atoms with Crippen molar-refractivity contribution in [3.8, 4) is 0 Å². The number of esters is 1. The minimum absolute atomic E-state index is 0.00463. The van der Waals surface area contributed by atoms with Gasteiger partial charge in [-0.05, 0) is 69.2 Å². The molecule has 7 aliphatic rings. The highest BCUT2D eigenvalue weighted by molar-refractivity contribution is 5.78. The van der Waals surface area contributed by atoms with Crippen LogP contribution in [0, 0.1) is 23.7 Å². The van der Waals surface area contributed by atoms with E-state index in [1.165, 1.54) is 0 Å². The maximum atomic E-state index is 14.4. The number of hydrogen-bond acceptors (Lipinski definition) is 15. The smallest absolute Gasteiger partial charge is 0.316 e. The minimum atomic E-state index is -1.88. The molecule has 6 aliphatic heterocycles. The third-order valence-corrected chi connectivity index (χ3v) is 14.8. The lowest BCUT2D eigenvalue weighted by Crippen LogP contribution is -2.59. The SMILES string of the molecule is CO[C@H]1C[C@H](O[C@H]2[C@H](C)O[C@@H](O[C@@H]3C(C)=CC[C@@H]4C[C@@H](C[C@]5(C[C@H](O)[C@H](C)C(C(C)=CC(C)C)O5)O4)OC(=O)[C@@H]4C=C(C)[C@@H](O)[C@H]5OCC(=CC=C[C@@H]3C)[C@]54O)C[C@@H]2OC)O[C@@H](C)[C@@H]1O. The molecule has 4 N–H and O–H groups in total. The van der Waals surface area contributed by atoms with Crippen LogP contribution in [0.4, 0.5) is 0 Å². The van der Waals surface area contributed by atoms with Gasteiger partial charge in [-0.3, -0.25) is 4.79 Å². The van der Waals surface area contributed by atoms with Gasteiger partial charge in [0.25, 0.3) is 0 Å². The van der Waals surface area contributed by atoms with Crippen molar-refractivity contribution in [2.24, 2.45) is 23.7 Å². The molecule has 5 fully saturated rings. The Morgan fingerprint density at radius 2 is 1.58 bits per heavy atom. The maximum absolute atomic E-state index is 14.4. The molecule has 1 aliphatic carbocycles. The van der Waals surface area contributed by atoms with E-state index in [0.717, 1.165) is 11.1 Å². The van der Waals surface area contributed by atoms with Crippen LogP contribution in [0.1, 0.15) is 101 Å². The molecular weight excluding hydrogens is 841 g/mol. The maximum Gasteiger partial charge on any atom is 0.316 e.